The largest absolute Gasteiger partial charge is 0.508 e. The van der Waals surface area contributed by atoms with Crippen LogP contribution in [0.1, 0.15) is 49.5 Å². The van der Waals surface area contributed by atoms with Crippen LogP contribution < -0.4 is 10.6 Å². The van der Waals surface area contributed by atoms with E-state index in [0.29, 0.717) is 28.0 Å². The SMILES string of the molecule is Cc1c(O)cccc1C(=O)NC(CSc1ccccc1)C(O)CN1C[C@H]2CCS[C@H]2C[C@H]1C(=O)NC(C)(C)C. The molecule has 0 radical (unpaired) electrons. The van der Waals surface area contributed by atoms with Crippen molar-refractivity contribution in [1.82, 2.24) is 15.5 Å². The summed E-state index contributed by atoms with van der Waals surface area (Å²) in [5, 5.41) is 28.3. The molecule has 7 nitrogen and oxygen atoms in total. The van der Waals surface area contributed by atoms with Crippen LogP contribution in [0, 0.1) is 12.8 Å². The molecule has 39 heavy (non-hydrogen) atoms. The maximum Gasteiger partial charge on any atom is 0.252 e. The highest BCUT2D eigenvalue weighted by Crippen LogP contribution is 2.40. The van der Waals surface area contributed by atoms with Crippen LogP contribution in [0.5, 0.6) is 5.75 Å². The zero-order valence-corrected chi connectivity index (χ0v) is 24.9. The Kier molecular flexibility index (Phi) is 9.91. The number of rotatable bonds is 9. The number of likely N-dealkylation sites (tertiary alicyclic amines) is 1. The van der Waals surface area contributed by atoms with E-state index in [2.05, 4.69) is 15.5 Å². The number of aliphatic hydroxyl groups excluding tert-OH is 1. The van der Waals surface area contributed by atoms with Crippen molar-refractivity contribution in [2.75, 3.05) is 24.6 Å². The minimum Gasteiger partial charge on any atom is -0.508 e. The third-order valence-corrected chi connectivity index (χ3v) is 10.0. The number of phenolic OH excluding ortho intramolecular Hbond substituents is 1. The first-order chi connectivity index (χ1) is 18.5. The van der Waals surface area contributed by atoms with Gasteiger partial charge >= 0.3 is 0 Å². The number of nitrogens with one attached hydrogen (secondary N) is 2. The normalized spacial score (nSPS) is 23.1. The van der Waals surface area contributed by atoms with Gasteiger partial charge in [0.05, 0.1) is 18.2 Å². The molecule has 212 valence electrons. The Hall–Kier alpha value is -2.20. The highest BCUT2D eigenvalue weighted by atomic mass is 32.2. The lowest BCUT2D eigenvalue weighted by Gasteiger charge is -2.43. The molecular formula is C30H41N3O4S2. The highest BCUT2D eigenvalue weighted by Gasteiger charge is 2.43. The molecule has 2 aliphatic rings. The number of phenols is 1. The highest BCUT2D eigenvalue weighted by molar-refractivity contribution is 8.00. The number of fused-ring (bicyclic) bond motifs is 1. The summed E-state index contributed by atoms with van der Waals surface area (Å²) in [5.74, 6) is 1.79. The van der Waals surface area contributed by atoms with E-state index in [1.165, 1.54) is 0 Å². The average molecular weight is 572 g/mol. The maximum atomic E-state index is 13.4. The van der Waals surface area contributed by atoms with Crippen molar-refractivity contribution in [3.05, 3.63) is 59.7 Å². The Morgan fingerprint density at radius 1 is 1.15 bits per heavy atom. The fourth-order valence-electron chi connectivity index (χ4n) is 5.32. The lowest BCUT2D eigenvalue weighted by atomic mass is 9.89. The number of hydrogen-bond acceptors (Lipinski definition) is 7. The first kappa shape index (κ1) is 29.8. The van der Waals surface area contributed by atoms with Crippen LogP contribution in [0.15, 0.2) is 53.4 Å². The number of β-amino-alcohol motifs (C(OH)–C–C–N with tert-alkyl or cyclic N) is 1. The molecule has 2 amide bonds. The molecule has 2 fully saturated rings. The number of hydrogen-bond donors (Lipinski definition) is 4. The van der Waals surface area contributed by atoms with Crippen LogP contribution in [-0.2, 0) is 4.79 Å². The Morgan fingerprint density at radius 2 is 1.90 bits per heavy atom. The van der Waals surface area contributed by atoms with Crippen molar-refractivity contribution in [3.8, 4) is 5.75 Å². The Labute approximate surface area is 240 Å². The van der Waals surface area contributed by atoms with Gasteiger partial charge in [0, 0.05) is 45.7 Å². The van der Waals surface area contributed by atoms with E-state index in [-0.39, 0.29) is 35.7 Å². The molecule has 2 saturated heterocycles. The number of aliphatic hydroxyl groups is 1. The molecule has 9 heteroatoms. The van der Waals surface area contributed by atoms with Gasteiger partial charge in [0.1, 0.15) is 5.75 Å². The summed E-state index contributed by atoms with van der Waals surface area (Å²) < 4.78 is 0. The molecule has 4 N–H and O–H groups in total. The van der Waals surface area contributed by atoms with Gasteiger partial charge in [0.2, 0.25) is 5.91 Å². The second-order valence-electron chi connectivity index (χ2n) is 11.6. The molecule has 0 aromatic heterocycles. The molecule has 0 bridgehead atoms. The van der Waals surface area contributed by atoms with Gasteiger partial charge in [0.25, 0.3) is 5.91 Å². The lowest BCUT2D eigenvalue weighted by molar-refractivity contribution is -0.130. The second-order valence-corrected chi connectivity index (χ2v) is 14.1. The third-order valence-electron chi connectivity index (χ3n) is 7.44. The van der Waals surface area contributed by atoms with Crippen molar-refractivity contribution < 1.29 is 19.8 Å². The molecule has 2 aromatic rings. The van der Waals surface area contributed by atoms with Crippen LogP contribution in [0.2, 0.25) is 0 Å². The Balaban J connectivity index is 1.53. The molecule has 0 spiro atoms. The van der Waals surface area contributed by atoms with E-state index in [4.69, 9.17) is 0 Å². The van der Waals surface area contributed by atoms with Crippen molar-refractivity contribution in [2.45, 2.75) is 74.4 Å². The minimum atomic E-state index is -0.890. The summed E-state index contributed by atoms with van der Waals surface area (Å²) in [5.41, 5.74) is 0.532. The summed E-state index contributed by atoms with van der Waals surface area (Å²) >= 11 is 3.53. The summed E-state index contributed by atoms with van der Waals surface area (Å²) in [6, 6.07) is 13.9. The predicted molar refractivity (Wildman–Crippen MR) is 159 cm³/mol. The molecule has 0 saturated carbocycles. The lowest BCUT2D eigenvalue weighted by Crippen LogP contribution is -2.60. The zero-order valence-electron chi connectivity index (χ0n) is 23.2. The molecule has 2 heterocycles. The second kappa shape index (κ2) is 13.0. The third kappa shape index (κ3) is 7.93. The van der Waals surface area contributed by atoms with E-state index in [9.17, 15) is 19.8 Å². The first-order valence-corrected chi connectivity index (χ1v) is 15.7. The van der Waals surface area contributed by atoms with Gasteiger partial charge in [-0.15, -0.1) is 11.8 Å². The van der Waals surface area contributed by atoms with E-state index in [1.807, 2.05) is 62.9 Å². The van der Waals surface area contributed by atoms with Crippen molar-refractivity contribution in [1.29, 1.82) is 0 Å². The van der Waals surface area contributed by atoms with Crippen LogP contribution in [-0.4, -0.2) is 80.5 Å². The van der Waals surface area contributed by atoms with E-state index in [1.54, 1.807) is 36.9 Å². The number of carbonyl (C=O) groups excluding carboxylic acids is 2. The Bertz CT molecular complexity index is 1140. The van der Waals surface area contributed by atoms with Crippen molar-refractivity contribution in [2.24, 2.45) is 5.92 Å². The summed E-state index contributed by atoms with van der Waals surface area (Å²) in [4.78, 5) is 29.8. The monoisotopic (exact) mass is 571 g/mol. The van der Waals surface area contributed by atoms with Gasteiger partial charge in [-0.2, -0.15) is 11.8 Å². The molecule has 4 rings (SSSR count). The first-order valence-electron chi connectivity index (χ1n) is 13.6. The fourth-order valence-corrected chi connectivity index (χ4v) is 7.90. The van der Waals surface area contributed by atoms with Crippen LogP contribution >= 0.6 is 23.5 Å². The van der Waals surface area contributed by atoms with E-state index < -0.39 is 12.1 Å². The zero-order chi connectivity index (χ0) is 28.2. The standard InChI is InChI=1S/C30H41N3O4S2/c1-19-22(11-8-12-25(19)34)28(36)31-23(18-39-21-9-6-5-7-10-21)26(35)17-33-16-20-13-14-38-27(20)15-24(33)29(37)32-30(2,3)4/h5-12,20,23-24,26-27,34-35H,13-18H2,1-4H3,(H,31,36)(H,32,37)/t20-,23?,24+,26?,27+/m1/s1. The fraction of sp³-hybridized carbons (Fsp3) is 0.533. The van der Waals surface area contributed by atoms with Gasteiger partial charge in [-0.05, 0) is 76.5 Å². The topological polar surface area (TPSA) is 102 Å². The smallest absolute Gasteiger partial charge is 0.252 e. The number of carbonyl (C=O) groups is 2. The van der Waals surface area contributed by atoms with Gasteiger partial charge in [0.15, 0.2) is 0 Å². The van der Waals surface area contributed by atoms with Crippen molar-refractivity contribution in [3.63, 3.8) is 0 Å². The molecule has 2 aromatic carbocycles. The quantitative estimate of drug-likeness (QED) is 0.337. The van der Waals surface area contributed by atoms with Gasteiger partial charge in [-0.3, -0.25) is 14.5 Å². The summed E-state index contributed by atoms with van der Waals surface area (Å²) in [6.45, 7) is 8.70. The molecule has 2 unspecified atom stereocenters. The number of nitrogens with zero attached hydrogens (tertiary/aromatic N) is 1. The average Bonchev–Trinajstić information content (AvgIpc) is 3.34. The molecule has 0 aliphatic carbocycles. The van der Waals surface area contributed by atoms with E-state index in [0.717, 1.165) is 30.0 Å². The van der Waals surface area contributed by atoms with Gasteiger partial charge < -0.3 is 20.8 Å². The van der Waals surface area contributed by atoms with Crippen molar-refractivity contribution >= 4 is 35.3 Å². The van der Waals surface area contributed by atoms with Gasteiger partial charge in [-0.1, -0.05) is 24.3 Å². The minimum absolute atomic E-state index is 0.00437. The number of thioether (sulfide) groups is 2. The Morgan fingerprint density at radius 3 is 2.62 bits per heavy atom. The molecular weight excluding hydrogens is 530 g/mol. The predicted octanol–water partition coefficient (Wildman–Crippen LogP) is 4.06. The number of benzene rings is 2. The van der Waals surface area contributed by atoms with Crippen LogP contribution in [0.25, 0.3) is 0 Å². The van der Waals surface area contributed by atoms with Crippen LogP contribution in [0.3, 0.4) is 0 Å². The number of aromatic hydroxyl groups is 1. The molecule has 2 aliphatic heterocycles. The maximum absolute atomic E-state index is 13.4. The number of piperidine rings is 1. The summed E-state index contributed by atoms with van der Waals surface area (Å²) in [7, 11) is 0. The van der Waals surface area contributed by atoms with Crippen LogP contribution in [0.4, 0.5) is 0 Å². The van der Waals surface area contributed by atoms with E-state index >= 15 is 0 Å². The summed E-state index contributed by atoms with van der Waals surface area (Å²) in [6.07, 6.45) is 0.997. The number of amides is 2. The van der Waals surface area contributed by atoms with Gasteiger partial charge in [-0.25, -0.2) is 0 Å². The molecule has 5 atom stereocenters.